The molecule has 2 heterocycles. The van der Waals surface area contributed by atoms with Crippen molar-refractivity contribution in [3.63, 3.8) is 0 Å². The van der Waals surface area contributed by atoms with E-state index in [4.69, 9.17) is 11.6 Å². The van der Waals surface area contributed by atoms with Gasteiger partial charge >= 0.3 is 0 Å². The van der Waals surface area contributed by atoms with Crippen molar-refractivity contribution in [3.05, 3.63) is 34.6 Å². The molecule has 1 aromatic carbocycles. The molecule has 0 radical (unpaired) electrons. The van der Waals surface area contributed by atoms with Crippen LogP contribution in [0.4, 0.5) is 10.8 Å². The first-order chi connectivity index (χ1) is 11.2. The predicted molar refractivity (Wildman–Crippen MR) is 94.5 cm³/mol. The number of nitrogens with zero attached hydrogens (tertiary/aromatic N) is 5. The van der Waals surface area contributed by atoms with E-state index in [9.17, 15) is 5.26 Å². The minimum absolute atomic E-state index is 0.634. The fraction of sp³-hybridized carbons (Fsp3) is 0.438. The van der Waals surface area contributed by atoms with Crippen molar-refractivity contribution in [2.24, 2.45) is 0 Å². The lowest BCUT2D eigenvalue weighted by Gasteiger charge is -2.25. The summed E-state index contributed by atoms with van der Waals surface area (Å²) in [5.74, 6) is 0.906. The maximum absolute atomic E-state index is 9.34. The highest BCUT2D eigenvalue weighted by molar-refractivity contribution is 7.09. The Morgan fingerprint density at radius 3 is 2.78 bits per heavy atom. The van der Waals surface area contributed by atoms with Crippen LogP contribution in [0, 0.1) is 11.3 Å². The lowest BCUT2D eigenvalue weighted by molar-refractivity contribution is 0.801. The van der Waals surface area contributed by atoms with Crippen molar-refractivity contribution < 1.29 is 0 Å². The van der Waals surface area contributed by atoms with Gasteiger partial charge in [-0.25, -0.2) is 4.98 Å². The topological polar surface area (TPSA) is 56.1 Å². The molecule has 0 bridgehead atoms. The first-order valence-corrected chi connectivity index (χ1v) is 8.89. The Morgan fingerprint density at radius 1 is 1.26 bits per heavy atom. The van der Waals surface area contributed by atoms with Crippen molar-refractivity contribution in [2.45, 2.75) is 19.8 Å². The summed E-state index contributed by atoms with van der Waals surface area (Å²) in [6.45, 7) is 5.57. The number of benzene rings is 1. The van der Waals surface area contributed by atoms with Gasteiger partial charge in [0.25, 0.3) is 0 Å². The van der Waals surface area contributed by atoms with Crippen LogP contribution in [0.1, 0.15) is 24.7 Å². The summed E-state index contributed by atoms with van der Waals surface area (Å²) in [6, 6.07) is 7.74. The number of hydrogen-bond acceptors (Lipinski definition) is 6. The quantitative estimate of drug-likeness (QED) is 0.852. The van der Waals surface area contributed by atoms with Gasteiger partial charge in [-0.05, 0) is 18.6 Å². The van der Waals surface area contributed by atoms with Gasteiger partial charge < -0.3 is 9.80 Å². The molecule has 1 aliphatic heterocycles. The second-order valence-corrected chi connectivity index (χ2v) is 6.56. The number of aryl methyl sites for hydroxylation is 1. The first kappa shape index (κ1) is 16.0. The Labute approximate surface area is 145 Å². The smallest absolute Gasteiger partial charge is 0.205 e. The van der Waals surface area contributed by atoms with E-state index >= 15 is 0 Å². The largest absolute Gasteiger partial charge is 0.367 e. The van der Waals surface area contributed by atoms with E-state index in [0.717, 1.165) is 55.7 Å². The summed E-state index contributed by atoms with van der Waals surface area (Å²) in [5, 5.41) is 11.0. The van der Waals surface area contributed by atoms with Crippen LogP contribution in [0.5, 0.6) is 0 Å². The summed E-state index contributed by atoms with van der Waals surface area (Å²) in [5.41, 5.74) is 1.49. The number of aromatic nitrogens is 2. The molecule has 3 rings (SSSR count). The third kappa shape index (κ3) is 3.41. The van der Waals surface area contributed by atoms with Crippen LogP contribution in [-0.4, -0.2) is 35.5 Å². The number of nitriles is 1. The Hall–Kier alpha value is -1.84. The third-order valence-electron chi connectivity index (χ3n) is 3.96. The molecular formula is C16H18ClN5S. The lowest BCUT2D eigenvalue weighted by atomic mass is 10.1. The molecule has 1 fully saturated rings. The van der Waals surface area contributed by atoms with E-state index < -0.39 is 0 Å². The molecule has 1 saturated heterocycles. The first-order valence-electron chi connectivity index (χ1n) is 7.74. The third-order valence-corrected chi connectivity index (χ3v) is 5.08. The van der Waals surface area contributed by atoms with E-state index in [1.165, 1.54) is 11.5 Å². The van der Waals surface area contributed by atoms with Gasteiger partial charge in [0.1, 0.15) is 11.9 Å². The van der Waals surface area contributed by atoms with E-state index in [-0.39, 0.29) is 0 Å². The van der Waals surface area contributed by atoms with Gasteiger partial charge in [-0.3, -0.25) is 0 Å². The Morgan fingerprint density at radius 2 is 2.04 bits per heavy atom. The maximum Gasteiger partial charge on any atom is 0.205 e. The standard InChI is InChI=1S/C16H18ClN5S/c1-2-14-19-16(23-20-14)22-8-4-7-21(9-10-22)15-12(11-18)5-3-6-13(15)17/h3,5-6H,2,4,7-10H2,1H3. The van der Waals surface area contributed by atoms with Gasteiger partial charge in [-0.15, -0.1) is 0 Å². The fourth-order valence-electron chi connectivity index (χ4n) is 2.78. The molecule has 0 amide bonds. The van der Waals surface area contributed by atoms with E-state index in [2.05, 4.69) is 32.2 Å². The highest BCUT2D eigenvalue weighted by Gasteiger charge is 2.21. The molecule has 0 spiro atoms. The van der Waals surface area contributed by atoms with E-state index in [1.54, 1.807) is 0 Å². The number of hydrogen-bond donors (Lipinski definition) is 0. The van der Waals surface area contributed by atoms with Crippen molar-refractivity contribution in [1.82, 2.24) is 9.36 Å². The molecule has 1 aromatic heterocycles. The predicted octanol–water partition coefficient (Wildman–Crippen LogP) is 3.34. The number of anilines is 2. The lowest BCUT2D eigenvalue weighted by Crippen LogP contribution is -2.31. The highest BCUT2D eigenvalue weighted by atomic mass is 35.5. The monoisotopic (exact) mass is 347 g/mol. The van der Waals surface area contributed by atoms with E-state index in [0.29, 0.717) is 10.6 Å². The molecular weight excluding hydrogens is 330 g/mol. The fourth-order valence-corrected chi connectivity index (χ4v) is 3.87. The molecule has 120 valence electrons. The Balaban J connectivity index is 1.78. The van der Waals surface area contributed by atoms with E-state index in [1.807, 2.05) is 18.2 Å². The van der Waals surface area contributed by atoms with Crippen molar-refractivity contribution in [1.29, 1.82) is 5.26 Å². The van der Waals surface area contributed by atoms with Crippen LogP contribution in [0.3, 0.4) is 0 Å². The SMILES string of the molecule is CCc1nsc(N2CCCN(c3c(Cl)cccc3C#N)CC2)n1. The van der Waals surface area contributed by atoms with Gasteiger partial charge in [-0.1, -0.05) is 24.6 Å². The highest BCUT2D eigenvalue weighted by Crippen LogP contribution is 2.31. The Kier molecular flexibility index (Phi) is 4.99. The van der Waals surface area contributed by atoms with Crippen LogP contribution < -0.4 is 9.80 Å². The number of halogens is 1. The van der Waals surface area contributed by atoms with Gasteiger partial charge in [0.05, 0.1) is 16.3 Å². The molecule has 5 nitrogen and oxygen atoms in total. The summed E-state index contributed by atoms with van der Waals surface area (Å²) in [6.07, 6.45) is 1.86. The zero-order valence-corrected chi connectivity index (χ0v) is 14.6. The van der Waals surface area contributed by atoms with Gasteiger partial charge in [0.15, 0.2) is 0 Å². The van der Waals surface area contributed by atoms with Gasteiger partial charge in [-0.2, -0.15) is 9.64 Å². The molecule has 7 heteroatoms. The zero-order valence-electron chi connectivity index (χ0n) is 13.0. The summed E-state index contributed by atoms with van der Waals surface area (Å²) in [7, 11) is 0. The summed E-state index contributed by atoms with van der Waals surface area (Å²) < 4.78 is 4.37. The molecule has 0 N–H and O–H groups in total. The van der Waals surface area contributed by atoms with Crippen molar-refractivity contribution in [3.8, 4) is 6.07 Å². The second kappa shape index (κ2) is 7.16. The van der Waals surface area contributed by atoms with Crippen LogP contribution in [0.2, 0.25) is 5.02 Å². The van der Waals surface area contributed by atoms with Gasteiger partial charge in [0.2, 0.25) is 5.13 Å². The minimum atomic E-state index is 0.634. The molecule has 1 aliphatic rings. The Bertz CT molecular complexity index is 724. The van der Waals surface area contributed by atoms with Crippen LogP contribution >= 0.6 is 23.1 Å². The normalized spacial score (nSPS) is 15.3. The zero-order chi connectivity index (χ0) is 16.2. The van der Waals surface area contributed by atoms with Crippen LogP contribution in [0.25, 0.3) is 0 Å². The molecule has 0 aliphatic carbocycles. The minimum Gasteiger partial charge on any atom is -0.367 e. The molecule has 0 unspecified atom stereocenters. The van der Waals surface area contributed by atoms with Crippen LogP contribution in [0.15, 0.2) is 18.2 Å². The average Bonchev–Trinajstić information content (AvgIpc) is 2.92. The molecule has 0 saturated carbocycles. The van der Waals surface area contributed by atoms with Crippen molar-refractivity contribution >= 4 is 34.0 Å². The number of rotatable bonds is 3. The maximum atomic E-state index is 9.34. The molecule has 23 heavy (non-hydrogen) atoms. The molecule has 2 aromatic rings. The van der Waals surface area contributed by atoms with Crippen molar-refractivity contribution in [2.75, 3.05) is 36.0 Å². The summed E-state index contributed by atoms with van der Waals surface area (Å²) in [4.78, 5) is 9.07. The number of para-hydroxylation sites is 1. The van der Waals surface area contributed by atoms with Gasteiger partial charge in [0, 0.05) is 44.1 Å². The van der Waals surface area contributed by atoms with Crippen LogP contribution in [-0.2, 0) is 6.42 Å². The second-order valence-electron chi connectivity index (χ2n) is 5.42. The average molecular weight is 348 g/mol. The summed E-state index contributed by atoms with van der Waals surface area (Å²) >= 11 is 7.81. The molecule has 0 atom stereocenters.